The predicted octanol–water partition coefficient (Wildman–Crippen LogP) is 6.17. The van der Waals surface area contributed by atoms with Crippen molar-refractivity contribution < 1.29 is 14.3 Å². The van der Waals surface area contributed by atoms with Crippen LogP contribution in [0.3, 0.4) is 0 Å². The number of methoxy groups -OCH3 is 1. The Balaban J connectivity index is 1.38. The van der Waals surface area contributed by atoms with E-state index in [-0.39, 0.29) is 18.0 Å². The third-order valence-corrected chi connectivity index (χ3v) is 7.49. The smallest absolute Gasteiger partial charge is 0.338 e. The molecule has 7 nitrogen and oxygen atoms in total. The van der Waals surface area contributed by atoms with Gasteiger partial charge in [-0.15, -0.1) is 0 Å². The van der Waals surface area contributed by atoms with Crippen molar-refractivity contribution in [1.29, 1.82) is 0 Å². The lowest BCUT2D eigenvalue weighted by atomic mass is 9.93. The fraction of sp³-hybridized carbons (Fsp3) is 0.250. The van der Waals surface area contributed by atoms with Gasteiger partial charge in [0.25, 0.3) is 0 Å². The van der Waals surface area contributed by atoms with Crippen molar-refractivity contribution in [3.8, 4) is 0 Å². The molecule has 1 atom stereocenters. The number of thioether (sulfide) groups is 1. The molecular formula is C28H28N4O3S. The topological polar surface area (TPSA) is 83.0 Å². The van der Waals surface area contributed by atoms with Gasteiger partial charge in [-0.2, -0.15) is 0 Å². The number of hydrogen-bond donors (Lipinski definition) is 2. The maximum absolute atomic E-state index is 12.8. The van der Waals surface area contributed by atoms with Crippen LogP contribution in [-0.4, -0.2) is 41.5 Å². The Labute approximate surface area is 214 Å². The zero-order valence-electron chi connectivity index (χ0n) is 20.3. The Morgan fingerprint density at radius 3 is 2.61 bits per heavy atom. The molecule has 8 heteroatoms. The van der Waals surface area contributed by atoms with Crippen LogP contribution in [0.15, 0.2) is 83.0 Å². The van der Waals surface area contributed by atoms with Crippen LogP contribution in [0.2, 0.25) is 0 Å². The van der Waals surface area contributed by atoms with Gasteiger partial charge in [-0.05, 0) is 42.0 Å². The van der Waals surface area contributed by atoms with E-state index in [1.54, 1.807) is 11.8 Å². The average Bonchev–Trinajstić information content (AvgIpc) is 2.92. The molecule has 2 aliphatic heterocycles. The van der Waals surface area contributed by atoms with Gasteiger partial charge in [-0.3, -0.25) is 0 Å². The number of rotatable bonds is 5. The molecule has 0 bridgehead atoms. The van der Waals surface area contributed by atoms with Crippen LogP contribution in [-0.2, 0) is 9.53 Å². The standard InChI is InChI=1S/C28H28N4O3S/c1-3-22-24(26(33)35-2)25(32-16-7-17-36-28(32)31-22)19-12-14-20(15-13-19)29-27(34)30-23-11-6-9-18-8-4-5-10-21(18)23/h4-6,8-15,25H,3,7,16-17H2,1-2H3,(H2,29,30,34). The number of carbonyl (C=O) groups is 2. The van der Waals surface area contributed by atoms with E-state index in [1.165, 1.54) is 7.11 Å². The molecule has 1 unspecified atom stereocenters. The van der Waals surface area contributed by atoms with Crippen molar-refractivity contribution in [3.05, 3.63) is 83.6 Å². The van der Waals surface area contributed by atoms with Gasteiger partial charge in [-0.1, -0.05) is 67.2 Å². The van der Waals surface area contributed by atoms with E-state index in [1.807, 2.05) is 73.7 Å². The molecule has 2 aliphatic rings. The highest BCUT2D eigenvalue weighted by Crippen LogP contribution is 2.40. The fourth-order valence-corrected chi connectivity index (χ4v) is 5.72. The second-order valence-corrected chi connectivity index (χ2v) is 9.69. The number of nitrogens with one attached hydrogen (secondary N) is 2. The number of fused-ring (bicyclic) bond motifs is 2. The zero-order valence-corrected chi connectivity index (χ0v) is 21.1. The highest BCUT2D eigenvalue weighted by Gasteiger charge is 2.38. The number of benzene rings is 3. The molecule has 3 aromatic carbocycles. The van der Waals surface area contributed by atoms with Crippen LogP contribution in [0.4, 0.5) is 16.2 Å². The summed E-state index contributed by atoms with van der Waals surface area (Å²) in [6.45, 7) is 2.82. The summed E-state index contributed by atoms with van der Waals surface area (Å²) in [5, 5.41) is 8.85. The Morgan fingerprint density at radius 1 is 1.06 bits per heavy atom. The normalized spacial score (nSPS) is 17.3. The Bertz CT molecular complexity index is 1360. The minimum Gasteiger partial charge on any atom is -0.466 e. The van der Waals surface area contributed by atoms with Crippen molar-refractivity contribution >= 4 is 51.1 Å². The molecule has 0 radical (unpaired) electrons. The highest BCUT2D eigenvalue weighted by molar-refractivity contribution is 8.13. The maximum Gasteiger partial charge on any atom is 0.338 e. The summed E-state index contributed by atoms with van der Waals surface area (Å²) in [5.41, 5.74) is 3.72. The number of aliphatic imine (C=N–C) groups is 1. The van der Waals surface area contributed by atoms with Crippen molar-refractivity contribution in [2.75, 3.05) is 30.0 Å². The Kier molecular flexibility index (Phi) is 6.95. The molecular weight excluding hydrogens is 472 g/mol. The quantitative estimate of drug-likeness (QED) is 0.409. The van der Waals surface area contributed by atoms with E-state index in [0.29, 0.717) is 17.7 Å². The van der Waals surface area contributed by atoms with E-state index in [4.69, 9.17) is 9.73 Å². The van der Waals surface area contributed by atoms with E-state index in [9.17, 15) is 9.59 Å². The van der Waals surface area contributed by atoms with Gasteiger partial charge in [0.1, 0.15) is 0 Å². The van der Waals surface area contributed by atoms with Crippen molar-refractivity contribution in [3.63, 3.8) is 0 Å². The first kappa shape index (κ1) is 23.9. The van der Waals surface area contributed by atoms with Crippen LogP contribution in [0.25, 0.3) is 10.8 Å². The fourth-order valence-electron chi connectivity index (χ4n) is 4.73. The van der Waals surface area contributed by atoms with Gasteiger partial charge in [0, 0.05) is 23.4 Å². The lowest BCUT2D eigenvalue weighted by Gasteiger charge is -2.40. The summed E-state index contributed by atoms with van der Waals surface area (Å²) >= 11 is 1.72. The van der Waals surface area contributed by atoms with Crippen LogP contribution in [0.1, 0.15) is 31.4 Å². The molecule has 0 aromatic heterocycles. The van der Waals surface area contributed by atoms with Crippen LogP contribution >= 0.6 is 11.8 Å². The first-order valence-corrected chi connectivity index (χ1v) is 13.0. The monoisotopic (exact) mass is 500 g/mol. The van der Waals surface area contributed by atoms with Gasteiger partial charge in [0.05, 0.1) is 30.1 Å². The molecule has 0 saturated carbocycles. The molecule has 1 saturated heterocycles. The summed E-state index contributed by atoms with van der Waals surface area (Å²) in [7, 11) is 1.41. The largest absolute Gasteiger partial charge is 0.466 e. The molecule has 2 heterocycles. The number of urea groups is 1. The Hall–Kier alpha value is -3.78. The minimum atomic E-state index is -0.355. The van der Waals surface area contributed by atoms with E-state index >= 15 is 0 Å². The summed E-state index contributed by atoms with van der Waals surface area (Å²) in [5.74, 6) is 0.660. The number of amidine groups is 1. The third kappa shape index (κ3) is 4.68. The molecule has 36 heavy (non-hydrogen) atoms. The summed E-state index contributed by atoms with van der Waals surface area (Å²) < 4.78 is 5.15. The van der Waals surface area contributed by atoms with Crippen LogP contribution < -0.4 is 10.6 Å². The number of nitrogens with zero attached hydrogens (tertiary/aromatic N) is 2. The highest BCUT2D eigenvalue weighted by atomic mass is 32.2. The van der Waals surface area contributed by atoms with E-state index in [2.05, 4.69) is 15.5 Å². The molecule has 5 rings (SSSR count). The first-order chi connectivity index (χ1) is 17.6. The van der Waals surface area contributed by atoms with Crippen LogP contribution in [0, 0.1) is 0 Å². The SMILES string of the molecule is CCC1=C(C(=O)OC)C(c2ccc(NC(=O)Nc3cccc4ccccc34)cc2)N2CCCSC2=N1. The molecule has 0 aliphatic carbocycles. The predicted molar refractivity (Wildman–Crippen MR) is 146 cm³/mol. The third-order valence-electron chi connectivity index (χ3n) is 6.41. The number of esters is 1. The second-order valence-electron chi connectivity index (χ2n) is 8.63. The number of anilines is 2. The van der Waals surface area contributed by atoms with Crippen molar-refractivity contribution in [1.82, 2.24) is 4.90 Å². The Morgan fingerprint density at radius 2 is 1.83 bits per heavy atom. The molecule has 1 fully saturated rings. The van der Waals surface area contributed by atoms with E-state index in [0.717, 1.165) is 51.6 Å². The number of hydrogen-bond acceptors (Lipinski definition) is 6. The number of allylic oxidation sites excluding steroid dienone is 1. The maximum atomic E-state index is 12.8. The minimum absolute atomic E-state index is 0.272. The van der Waals surface area contributed by atoms with E-state index < -0.39 is 0 Å². The number of carbonyl (C=O) groups excluding carboxylic acids is 2. The summed E-state index contributed by atoms with van der Waals surface area (Å²) in [6, 6.07) is 20.8. The van der Waals surface area contributed by atoms with Gasteiger partial charge < -0.3 is 20.3 Å². The average molecular weight is 501 g/mol. The van der Waals surface area contributed by atoms with Gasteiger partial charge in [0.2, 0.25) is 0 Å². The van der Waals surface area contributed by atoms with Gasteiger partial charge in [0.15, 0.2) is 5.17 Å². The molecule has 2 N–H and O–H groups in total. The second kappa shape index (κ2) is 10.5. The molecule has 3 aromatic rings. The molecule has 2 amide bonds. The van der Waals surface area contributed by atoms with Crippen molar-refractivity contribution in [2.45, 2.75) is 25.8 Å². The number of amides is 2. The van der Waals surface area contributed by atoms with Crippen LogP contribution in [0.5, 0.6) is 0 Å². The lowest BCUT2D eigenvalue weighted by Crippen LogP contribution is -2.42. The number of ether oxygens (including phenoxy) is 1. The lowest BCUT2D eigenvalue weighted by molar-refractivity contribution is -0.136. The summed E-state index contributed by atoms with van der Waals surface area (Å²) in [4.78, 5) is 32.5. The van der Waals surface area contributed by atoms with Gasteiger partial charge >= 0.3 is 12.0 Å². The molecule has 0 spiro atoms. The first-order valence-electron chi connectivity index (χ1n) is 12.0. The summed E-state index contributed by atoms with van der Waals surface area (Å²) in [6.07, 6.45) is 1.66. The van der Waals surface area contributed by atoms with Gasteiger partial charge in [-0.25, -0.2) is 14.6 Å². The van der Waals surface area contributed by atoms with Crippen molar-refractivity contribution in [2.24, 2.45) is 4.99 Å². The molecule has 184 valence electrons. The zero-order chi connectivity index (χ0) is 25.1.